The quantitative estimate of drug-likeness (QED) is 0.801. The predicted molar refractivity (Wildman–Crippen MR) is 103 cm³/mol. The van der Waals surface area contributed by atoms with Crippen molar-refractivity contribution in [1.82, 2.24) is 4.90 Å². The highest BCUT2D eigenvalue weighted by molar-refractivity contribution is 7.85. The predicted octanol–water partition coefficient (Wildman–Crippen LogP) is 1.19. The van der Waals surface area contributed by atoms with Gasteiger partial charge in [-0.05, 0) is 37.8 Å². The average Bonchev–Trinajstić information content (AvgIpc) is 3.20. The second-order valence-corrected chi connectivity index (χ2v) is 8.00. The van der Waals surface area contributed by atoms with Gasteiger partial charge >= 0.3 is 0 Å². The van der Waals surface area contributed by atoms with E-state index in [4.69, 9.17) is 15.2 Å². The van der Waals surface area contributed by atoms with Crippen LogP contribution in [0.1, 0.15) is 31.2 Å². The lowest BCUT2D eigenvalue weighted by Gasteiger charge is -2.34. The molecule has 0 bridgehead atoms. The van der Waals surface area contributed by atoms with Gasteiger partial charge in [-0.2, -0.15) is 4.40 Å². The average molecular weight is 392 g/mol. The fourth-order valence-corrected chi connectivity index (χ4v) is 4.51. The van der Waals surface area contributed by atoms with Crippen LogP contribution >= 0.6 is 0 Å². The number of fused-ring (bicyclic) bond motifs is 1. The monoisotopic (exact) mass is 392 g/mol. The summed E-state index contributed by atoms with van der Waals surface area (Å²) in [6, 6.07) is 5.45. The number of amides is 1. The molecule has 0 radical (unpaired) electrons. The van der Waals surface area contributed by atoms with E-state index in [9.17, 15) is 9.00 Å². The summed E-state index contributed by atoms with van der Waals surface area (Å²) in [7, 11) is 0. The molecule has 1 aromatic carbocycles. The van der Waals surface area contributed by atoms with Crippen LogP contribution in [0.25, 0.3) is 0 Å². The zero-order chi connectivity index (χ0) is 18.8. The molecule has 27 heavy (non-hydrogen) atoms. The summed E-state index contributed by atoms with van der Waals surface area (Å²) in [5.74, 6) is 1.18. The fourth-order valence-electron chi connectivity index (χ4n) is 3.84. The van der Waals surface area contributed by atoms with Gasteiger partial charge in [-0.1, -0.05) is 6.07 Å². The Morgan fingerprint density at radius 3 is 3.11 bits per heavy atom. The Labute approximate surface area is 160 Å². The number of hydrogen-bond donors (Lipinski definition) is 2. The Hall–Kier alpha value is -2.13. The van der Waals surface area contributed by atoms with E-state index in [2.05, 4.69) is 9.12 Å². The topological polar surface area (TPSA) is 106 Å². The molecule has 9 heteroatoms. The van der Waals surface area contributed by atoms with E-state index >= 15 is 0 Å². The molecule has 4 rings (SSSR count). The minimum atomic E-state index is -1.56. The van der Waals surface area contributed by atoms with E-state index in [1.807, 2.05) is 17.0 Å². The van der Waals surface area contributed by atoms with E-state index in [0.717, 1.165) is 32.2 Å². The van der Waals surface area contributed by atoms with Gasteiger partial charge in [-0.3, -0.25) is 9.52 Å². The van der Waals surface area contributed by atoms with Gasteiger partial charge in [0.25, 0.3) is 5.91 Å². The lowest BCUT2D eigenvalue weighted by Crippen LogP contribution is -2.46. The van der Waals surface area contributed by atoms with Crippen molar-refractivity contribution in [1.29, 1.82) is 0 Å². The molecule has 0 aromatic heterocycles. The number of nitrogens with two attached hydrogens (primary N) is 1. The van der Waals surface area contributed by atoms with Gasteiger partial charge in [-0.15, -0.1) is 0 Å². The lowest BCUT2D eigenvalue weighted by molar-refractivity contribution is -0.143. The van der Waals surface area contributed by atoms with Gasteiger partial charge in [0.05, 0.1) is 17.9 Å². The molecule has 3 aliphatic heterocycles. The lowest BCUT2D eigenvalue weighted by atomic mass is 9.98. The molecular formula is C18H24N4O4S. The first-order valence-corrected chi connectivity index (χ1v) is 10.4. The highest BCUT2D eigenvalue weighted by atomic mass is 32.2. The number of benzene rings is 1. The van der Waals surface area contributed by atoms with Crippen molar-refractivity contribution < 1.29 is 18.5 Å². The van der Waals surface area contributed by atoms with Crippen molar-refractivity contribution in [3.05, 3.63) is 23.8 Å². The molecule has 2 saturated heterocycles. The van der Waals surface area contributed by atoms with Gasteiger partial charge in [0.1, 0.15) is 17.7 Å². The van der Waals surface area contributed by atoms with Crippen molar-refractivity contribution >= 4 is 28.6 Å². The van der Waals surface area contributed by atoms with Crippen LogP contribution in [-0.2, 0) is 20.7 Å². The van der Waals surface area contributed by atoms with E-state index in [1.54, 1.807) is 6.07 Å². The van der Waals surface area contributed by atoms with E-state index in [-0.39, 0.29) is 23.8 Å². The van der Waals surface area contributed by atoms with Gasteiger partial charge in [0.15, 0.2) is 0 Å². The third-order valence-electron chi connectivity index (χ3n) is 5.17. The zero-order valence-electron chi connectivity index (χ0n) is 15.1. The van der Waals surface area contributed by atoms with Gasteiger partial charge in [-0.25, -0.2) is 4.21 Å². The molecule has 0 saturated carbocycles. The van der Waals surface area contributed by atoms with E-state index in [1.165, 1.54) is 0 Å². The summed E-state index contributed by atoms with van der Waals surface area (Å²) in [5, 5.41) is 0. The van der Waals surface area contributed by atoms with Crippen LogP contribution in [0.2, 0.25) is 0 Å². The minimum absolute atomic E-state index is 0.109. The SMILES string of the molecule is NC1=NS(=O)Nc2cccc(OCC3CCCN(C(=O)C4CCCO4)C3)c21. The maximum atomic E-state index is 12.6. The van der Waals surface area contributed by atoms with Crippen LogP contribution in [0.15, 0.2) is 22.6 Å². The first-order chi connectivity index (χ1) is 13.1. The number of hydrogen-bond acceptors (Lipinski definition) is 5. The van der Waals surface area contributed by atoms with Crippen LogP contribution in [0, 0.1) is 5.92 Å². The Morgan fingerprint density at radius 2 is 2.30 bits per heavy atom. The molecule has 3 aliphatic rings. The molecule has 3 heterocycles. The van der Waals surface area contributed by atoms with Crippen molar-refractivity contribution in [2.75, 3.05) is 31.0 Å². The maximum Gasteiger partial charge on any atom is 0.251 e. The molecular weight excluding hydrogens is 368 g/mol. The smallest absolute Gasteiger partial charge is 0.251 e. The highest BCUT2D eigenvalue weighted by Crippen LogP contribution is 2.30. The maximum absolute atomic E-state index is 12.6. The minimum Gasteiger partial charge on any atom is -0.492 e. The number of rotatable bonds is 4. The number of carbonyl (C=O) groups is 1. The number of nitrogens with zero attached hydrogens (tertiary/aromatic N) is 2. The number of carbonyl (C=O) groups excluding carboxylic acids is 1. The Morgan fingerprint density at radius 1 is 1.41 bits per heavy atom. The number of nitrogens with one attached hydrogen (secondary N) is 1. The molecule has 1 aromatic rings. The summed E-state index contributed by atoms with van der Waals surface area (Å²) in [5.41, 5.74) is 7.24. The number of piperidine rings is 1. The third kappa shape index (κ3) is 3.93. The Kier molecular flexibility index (Phi) is 5.31. The van der Waals surface area contributed by atoms with E-state index in [0.29, 0.717) is 36.8 Å². The second-order valence-electron chi connectivity index (χ2n) is 7.11. The molecule has 3 unspecified atom stereocenters. The number of likely N-dealkylation sites (tertiary alicyclic amines) is 1. The zero-order valence-corrected chi connectivity index (χ0v) is 15.9. The molecule has 2 fully saturated rings. The highest BCUT2D eigenvalue weighted by Gasteiger charge is 2.32. The van der Waals surface area contributed by atoms with Gasteiger partial charge < -0.3 is 20.1 Å². The molecule has 0 aliphatic carbocycles. The molecule has 0 spiro atoms. The first-order valence-electron chi connectivity index (χ1n) is 9.31. The summed E-state index contributed by atoms with van der Waals surface area (Å²) in [4.78, 5) is 14.5. The number of amidine groups is 1. The molecule has 8 nitrogen and oxygen atoms in total. The third-order valence-corrected chi connectivity index (χ3v) is 5.93. The van der Waals surface area contributed by atoms with Gasteiger partial charge in [0, 0.05) is 25.6 Å². The van der Waals surface area contributed by atoms with Crippen LogP contribution in [0.4, 0.5) is 5.69 Å². The van der Waals surface area contributed by atoms with Crippen LogP contribution in [0.3, 0.4) is 0 Å². The van der Waals surface area contributed by atoms with Crippen molar-refractivity contribution in [3.8, 4) is 5.75 Å². The molecule has 146 valence electrons. The second kappa shape index (κ2) is 7.85. The molecule has 3 atom stereocenters. The standard InChI is InChI=1S/C18H24N4O4S/c19-17-16-13(20-27(24)21-17)5-1-6-14(16)26-11-12-4-2-8-22(10-12)18(23)15-7-3-9-25-15/h1,5-6,12,15,20H,2-4,7-11H2,(H2,19,21). The van der Waals surface area contributed by atoms with Crippen molar-refractivity contribution in [2.24, 2.45) is 16.0 Å². The number of anilines is 1. The summed E-state index contributed by atoms with van der Waals surface area (Å²) in [6.45, 7) is 2.63. The fraction of sp³-hybridized carbons (Fsp3) is 0.556. The van der Waals surface area contributed by atoms with Gasteiger partial charge in [0.2, 0.25) is 11.2 Å². The first kappa shape index (κ1) is 18.2. The van der Waals surface area contributed by atoms with E-state index < -0.39 is 11.2 Å². The Balaban J connectivity index is 1.40. The Bertz CT molecular complexity index is 779. The summed E-state index contributed by atoms with van der Waals surface area (Å²) < 4.78 is 29.8. The molecule has 3 N–H and O–H groups in total. The van der Waals surface area contributed by atoms with Crippen LogP contribution < -0.4 is 15.2 Å². The van der Waals surface area contributed by atoms with Crippen LogP contribution in [-0.4, -0.2) is 53.3 Å². The molecule has 1 amide bonds. The normalized spacial score (nSPS) is 27.5. The number of ether oxygens (including phenoxy) is 2. The van der Waals surface area contributed by atoms with Crippen molar-refractivity contribution in [2.45, 2.75) is 31.8 Å². The largest absolute Gasteiger partial charge is 0.492 e. The van der Waals surface area contributed by atoms with Crippen molar-refractivity contribution in [3.63, 3.8) is 0 Å². The summed E-state index contributed by atoms with van der Waals surface area (Å²) >= 11 is -1.56. The van der Waals surface area contributed by atoms with Crippen LogP contribution in [0.5, 0.6) is 5.75 Å². The summed E-state index contributed by atoms with van der Waals surface area (Å²) in [6.07, 6.45) is 3.48.